The molecular formula is C18H30N4O2. The van der Waals surface area contributed by atoms with E-state index in [0.29, 0.717) is 11.9 Å². The number of guanidine groups is 1. The molecule has 6 heteroatoms. The zero-order valence-electron chi connectivity index (χ0n) is 15.4. The van der Waals surface area contributed by atoms with Crippen LogP contribution in [0.1, 0.15) is 19.4 Å². The Bertz CT molecular complexity index is 526. The Morgan fingerprint density at radius 3 is 2.46 bits per heavy atom. The predicted molar refractivity (Wildman–Crippen MR) is 98.5 cm³/mol. The fraction of sp³-hybridized carbons (Fsp3) is 0.556. The Morgan fingerprint density at radius 1 is 1.25 bits per heavy atom. The van der Waals surface area contributed by atoms with Crippen LogP contribution in [0, 0.1) is 5.92 Å². The Kier molecular flexibility index (Phi) is 8.68. The third kappa shape index (κ3) is 7.35. The van der Waals surface area contributed by atoms with Crippen LogP contribution in [0.15, 0.2) is 29.3 Å². The van der Waals surface area contributed by atoms with Gasteiger partial charge >= 0.3 is 0 Å². The fourth-order valence-electron chi connectivity index (χ4n) is 2.14. The molecule has 0 aliphatic heterocycles. The maximum Gasteiger partial charge on any atom is 0.243 e. The van der Waals surface area contributed by atoms with Crippen LogP contribution in [-0.2, 0) is 11.2 Å². The lowest BCUT2D eigenvalue weighted by molar-refractivity contribution is -0.127. The largest absolute Gasteiger partial charge is 0.497 e. The van der Waals surface area contributed by atoms with Gasteiger partial charge in [-0.05, 0) is 37.0 Å². The number of nitrogens with one attached hydrogen (secondary N) is 2. The molecule has 0 aliphatic rings. The standard InChI is InChI=1S/C18H30N4O2/c1-6-19-18(21-13-17(23)22(3)4)20-12-14(2)11-15-7-9-16(24-5)10-8-15/h7-10,14H,6,11-13H2,1-5H3,(H2,19,20,21). The summed E-state index contributed by atoms with van der Waals surface area (Å²) in [6.45, 7) is 5.88. The summed E-state index contributed by atoms with van der Waals surface area (Å²) < 4.78 is 5.18. The van der Waals surface area contributed by atoms with E-state index in [1.807, 2.05) is 19.1 Å². The first kappa shape index (κ1) is 19.8. The van der Waals surface area contributed by atoms with E-state index in [1.165, 1.54) is 5.56 Å². The maximum absolute atomic E-state index is 11.6. The Hall–Kier alpha value is -2.24. The van der Waals surface area contributed by atoms with Gasteiger partial charge in [-0.25, -0.2) is 4.99 Å². The molecule has 0 fully saturated rings. The molecule has 2 N–H and O–H groups in total. The van der Waals surface area contributed by atoms with Crippen LogP contribution in [0.5, 0.6) is 5.75 Å². The zero-order valence-corrected chi connectivity index (χ0v) is 15.4. The van der Waals surface area contributed by atoms with E-state index < -0.39 is 0 Å². The lowest BCUT2D eigenvalue weighted by atomic mass is 10.0. The molecule has 1 unspecified atom stereocenters. The third-order valence-electron chi connectivity index (χ3n) is 3.58. The van der Waals surface area contributed by atoms with Crippen LogP contribution in [0.4, 0.5) is 0 Å². The zero-order chi connectivity index (χ0) is 17.9. The molecule has 1 aromatic carbocycles. The van der Waals surface area contributed by atoms with Gasteiger partial charge in [0.2, 0.25) is 5.91 Å². The Labute approximate surface area is 145 Å². The smallest absolute Gasteiger partial charge is 0.243 e. The molecule has 0 bridgehead atoms. The van der Waals surface area contributed by atoms with Crippen LogP contribution in [0.25, 0.3) is 0 Å². The number of nitrogens with zero attached hydrogens (tertiary/aromatic N) is 2. The highest BCUT2D eigenvalue weighted by molar-refractivity contribution is 5.84. The number of likely N-dealkylation sites (N-methyl/N-ethyl adjacent to an activating group) is 1. The molecule has 24 heavy (non-hydrogen) atoms. The van der Waals surface area contributed by atoms with Gasteiger partial charge in [0, 0.05) is 27.2 Å². The summed E-state index contributed by atoms with van der Waals surface area (Å²) in [5, 5.41) is 6.46. The Balaban J connectivity index is 2.49. The molecule has 0 heterocycles. The van der Waals surface area contributed by atoms with Crippen LogP contribution in [0.3, 0.4) is 0 Å². The molecule has 0 aromatic heterocycles. The summed E-state index contributed by atoms with van der Waals surface area (Å²) in [6, 6.07) is 8.14. The molecule has 1 rings (SSSR count). The normalized spacial score (nSPS) is 12.5. The highest BCUT2D eigenvalue weighted by Crippen LogP contribution is 2.14. The monoisotopic (exact) mass is 334 g/mol. The first-order chi connectivity index (χ1) is 11.5. The van der Waals surface area contributed by atoms with Crippen LogP contribution >= 0.6 is 0 Å². The average molecular weight is 334 g/mol. The van der Waals surface area contributed by atoms with Crippen molar-refractivity contribution in [3.63, 3.8) is 0 Å². The minimum Gasteiger partial charge on any atom is -0.497 e. The van der Waals surface area contributed by atoms with Crippen molar-refractivity contribution in [1.29, 1.82) is 0 Å². The minimum absolute atomic E-state index is 0.0153. The summed E-state index contributed by atoms with van der Waals surface area (Å²) in [4.78, 5) is 17.5. The van der Waals surface area contributed by atoms with Crippen molar-refractivity contribution in [3.8, 4) is 5.75 Å². The lowest BCUT2D eigenvalue weighted by Gasteiger charge is -2.16. The van der Waals surface area contributed by atoms with Crippen molar-refractivity contribution in [1.82, 2.24) is 15.5 Å². The topological polar surface area (TPSA) is 66.0 Å². The summed E-state index contributed by atoms with van der Waals surface area (Å²) in [7, 11) is 5.13. The number of ether oxygens (including phenoxy) is 1. The number of aliphatic imine (C=N–C) groups is 1. The van der Waals surface area contributed by atoms with Gasteiger partial charge in [0.1, 0.15) is 12.3 Å². The number of carbonyl (C=O) groups is 1. The SMILES string of the molecule is CCNC(=NCC(=O)N(C)C)NCC(C)Cc1ccc(OC)cc1. The van der Waals surface area contributed by atoms with Crippen molar-refractivity contribution in [3.05, 3.63) is 29.8 Å². The molecule has 6 nitrogen and oxygen atoms in total. The van der Waals surface area contributed by atoms with Gasteiger partial charge in [-0.1, -0.05) is 19.1 Å². The molecule has 1 amide bonds. The van der Waals surface area contributed by atoms with E-state index in [1.54, 1.807) is 26.1 Å². The molecular weight excluding hydrogens is 304 g/mol. The Morgan fingerprint density at radius 2 is 1.92 bits per heavy atom. The van der Waals surface area contributed by atoms with Crippen LogP contribution in [-0.4, -0.2) is 57.6 Å². The number of hydrogen-bond acceptors (Lipinski definition) is 3. The van der Waals surface area contributed by atoms with Crippen molar-refractivity contribution in [2.24, 2.45) is 10.9 Å². The highest BCUT2D eigenvalue weighted by atomic mass is 16.5. The van der Waals surface area contributed by atoms with E-state index >= 15 is 0 Å². The predicted octanol–water partition coefficient (Wildman–Crippen LogP) is 1.52. The van der Waals surface area contributed by atoms with E-state index in [9.17, 15) is 4.79 Å². The molecule has 134 valence electrons. The first-order valence-corrected chi connectivity index (χ1v) is 8.31. The second-order valence-corrected chi connectivity index (χ2v) is 6.02. The van der Waals surface area contributed by atoms with Crippen LogP contribution < -0.4 is 15.4 Å². The second-order valence-electron chi connectivity index (χ2n) is 6.02. The van der Waals surface area contributed by atoms with E-state index in [-0.39, 0.29) is 12.5 Å². The molecule has 1 atom stereocenters. The van der Waals surface area contributed by atoms with Crippen molar-refractivity contribution in [2.45, 2.75) is 20.3 Å². The summed E-state index contributed by atoms with van der Waals surface area (Å²) >= 11 is 0. The molecule has 0 saturated carbocycles. The molecule has 0 radical (unpaired) electrons. The lowest BCUT2D eigenvalue weighted by Crippen LogP contribution is -2.40. The quantitative estimate of drug-likeness (QED) is 0.559. The molecule has 0 spiro atoms. The van der Waals surface area contributed by atoms with Gasteiger partial charge in [-0.2, -0.15) is 0 Å². The number of rotatable bonds is 8. The summed E-state index contributed by atoms with van der Waals surface area (Å²) in [5.41, 5.74) is 1.27. The number of hydrogen-bond donors (Lipinski definition) is 2. The maximum atomic E-state index is 11.6. The van der Waals surface area contributed by atoms with E-state index in [4.69, 9.17) is 4.74 Å². The number of benzene rings is 1. The first-order valence-electron chi connectivity index (χ1n) is 8.31. The highest BCUT2D eigenvalue weighted by Gasteiger charge is 2.07. The van der Waals surface area contributed by atoms with E-state index in [0.717, 1.165) is 25.3 Å². The minimum atomic E-state index is -0.0153. The average Bonchev–Trinajstić information content (AvgIpc) is 2.57. The molecule has 0 saturated heterocycles. The van der Waals surface area contributed by atoms with Gasteiger partial charge < -0.3 is 20.3 Å². The van der Waals surface area contributed by atoms with Gasteiger partial charge in [0.15, 0.2) is 5.96 Å². The van der Waals surface area contributed by atoms with Gasteiger partial charge in [0.05, 0.1) is 7.11 Å². The molecule has 0 aliphatic carbocycles. The van der Waals surface area contributed by atoms with Gasteiger partial charge in [-0.3, -0.25) is 4.79 Å². The van der Waals surface area contributed by atoms with Crippen LogP contribution in [0.2, 0.25) is 0 Å². The number of amides is 1. The van der Waals surface area contributed by atoms with Gasteiger partial charge in [0.25, 0.3) is 0 Å². The fourth-order valence-corrected chi connectivity index (χ4v) is 2.14. The van der Waals surface area contributed by atoms with Crippen molar-refractivity contribution in [2.75, 3.05) is 40.8 Å². The molecule has 1 aromatic rings. The summed E-state index contributed by atoms with van der Waals surface area (Å²) in [6.07, 6.45) is 0.965. The van der Waals surface area contributed by atoms with Crippen molar-refractivity contribution >= 4 is 11.9 Å². The summed E-state index contributed by atoms with van der Waals surface area (Å²) in [5.74, 6) is 1.97. The van der Waals surface area contributed by atoms with Gasteiger partial charge in [-0.15, -0.1) is 0 Å². The second kappa shape index (κ2) is 10.5. The number of methoxy groups -OCH3 is 1. The van der Waals surface area contributed by atoms with E-state index in [2.05, 4.69) is 34.7 Å². The third-order valence-corrected chi connectivity index (χ3v) is 3.58. The van der Waals surface area contributed by atoms with Crippen molar-refractivity contribution < 1.29 is 9.53 Å². The number of carbonyl (C=O) groups excluding carboxylic acids is 1.